The van der Waals surface area contributed by atoms with Crippen LogP contribution in [-0.4, -0.2) is 32.1 Å². The van der Waals surface area contributed by atoms with Crippen LogP contribution < -0.4 is 19.5 Å². The summed E-state index contributed by atoms with van der Waals surface area (Å²) in [4.78, 5) is 24.1. The van der Waals surface area contributed by atoms with Crippen LogP contribution >= 0.6 is 0 Å². The first-order valence-electron chi connectivity index (χ1n) is 9.45. The Kier molecular flexibility index (Phi) is 8.45. The molecule has 7 nitrogen and oxygen atoms in total. The van der Waals surface area contributed by atoms with Gasteiger partial charge in [0.1, 0.15) is 17.4 Å². The van der Waals surface area contributed by atoms with Crippen LogP contribution in [0, 0.1) is 18.3 Å². The molecule has 30 heavy (non-hydrogen) atoms. The smallest absolute Gasteiger partial charge is 0.349 e. The number of methoxy groups -OCH3 is 1. The molecule has 0 saturated heterocycles. The molecule has 0 bridgehead atoms. The summed E-state index contributed by atoms with van der Waals surface area (Å²) in [7, 11) is 1.43. The molecule has 0 spiro atoms. The van der Waals surface area contributed by atoms with Crippen molar-refractivity contribution in [2.45, 2.75) is 20.3 Å². The van der Waals surface area contributed by atoms with E-state index in [0.717, 1.165) is 12.0 Å². The van der Waals surface area contributed by atoms with Crippen LogP contribution in [0.15, 0.2) is 48.0 Å². The predicted molar refractivity (Wildman–Crippen MR) is 112 cm³/mol. The monoisotopic (exact) mass is 408 g/mol. The van der Waals surface area contributed by atoms with Crippen molar-refractivity contribution in [3.63, 3.8) is 0 Å². The molecule has 2 aromatic rings. The van der Waals surface area contributed by atoms with Gasteiger partial charge in [-0.05, 0) is 54.8 Å². The Bertz CT molecular complexity index is 976. The highest BCUT2D eigenvalue weighted by Crippen LogP contribution is 2.29. The minimum Gasteiger partial charge on any atom is -0.493 e. The fourth-order valence-corrected chi connectivity index (χ4v) is 2.51. The third kappa shape index (κ3) is 6.67. The number of ether oxygens (including phenoxy) is 3. The Morgan fingerprint density at radius 3 is 2.63 bits per heavy atom. The fourth-order valence-electron chi connectivity index (χ4n) is 2.51. The number of carbonyl (C=O) groups is 2. The lowest BCUT2D eigenvalue weighted by Gasteiger charge is -2.11. The van der Waals surface area contributed by atoms with E-state index < -0.39 is 11.9 Å². The molecule has 0 atom stereocenters. The van der Waals surface area contributed by atoms with Crippen LogP contribution in [0.3, 0.4) is 0 Å². The van der Waals surface area contributed by atoms with Gasteiger partial charge in [-0.3, -0.25) is 4.79 Å². The third-order valence-corrected chi connectivity index (χ3v) is 3.97. The van der Waals surface area contributed by atoms with E-state index in [0.29, 0.717) is 23.6 Å². The van der Waals surface area contributed by atoms with Gasteiger partial charge in [0, 0.05) is 6.54 Å². The first-order chi connectivity index (χ1) is 14.5. The Morgan fingerprint density at radius 2 is 1.97 bits per heavy atom. The summed E-state index contributed by atoms with van der Waals surface area (Å²) in [5.74, 6) is 0.0435. The zero-order chi connectivity index (χ0) is 21.9. The van der Waals surface area contributed by atoms with Crippen LogP contribution in [0.5, 0.6) is 17.2 Å². The van der Waals surface area contributed by atoms with Gasteiger partial charge in [-0.1, -0.05) is 25.1 Å². The van der Waals surface area contributed by atoms with Gasteiger partial charge in [0.15, 0.2) is 18.1 Å². The Balaban J connectivity index is 2.07. The molecule has 0 saturated carbocycles. The summed E-state index contributed by atoms with van der Waals surface area (Å²) in [6.07, 6.45) is 2.21. The number of nitrogens with one attached hydrogen (secondary N) is 1. The molecule has 7 heteroatoms. The van der Waals surface area contributed by atoms with Gasteiger partial charge in [0.05, 0.1) is 7.11 Å². The number of rotatable bonds is 9. The number of carbonyl (C=O) groups excluding carboxylic acids is 2. The number of nitrogens with zero attached hydrogens (tertiary/aromatic N) is 1. The molecule has 0 heterocycles. The SMILES string of the molecule is CCCNC(=O)/C(C#N)=C/c1ccc(OC(=O)COc2cccc(C)c2)c(OC)c1. The maximum Gasteiger partial charge on any atom is 0.349 e. The van der Waals surface area contributed by atoms with E-state index in [1.165, 1.54) is 19.3 Å². The highest BCUT2D eigenvalue weighted by atomic mass is 16.6. The van der Waals surface area contributed by atoms with E-state index in [-0.39, 0.29) is 17.9 Å². The van der Waals surface area contributed by atoms with E-state index in [1.54, 1.807) is 18.2 Å². The molecule has 0 fully saturated rings. The molecule has 2 aromatic carbocycles. The van der Waals surface area contributed by atoms with Gasteiger partial charge in [0.2, 0.25) is 0 Å². The maximum absolute atomic E-state index is 12.1. The van der Waals surface area contributed by atoms with Gasteiger partial charge in [-0.25, -0.2) is 4.79 Å². The van der Waals surface area contributed by atoms with Gasteiger partial charge in [-0.15, -0.1) is 0 Å². The first-order valence-corrected chi connectivity index (χ1v) is 9.45. The molecule has 0 aliphatic heterocycles. The normalized spacial score (nSPS) is 10.7. The van der Waals surface area contributed by atoms with Crippen LogP contribution in [0.4, 0.5) is 0 Å². The van der Waals surface area contributed by atoms with Crippen molar-refractivity contribution in [2.24, 2.45) is 0 Å². The molecule has 0 unspecified atom stereocenters. The lowest BCUT2D eigenvalue weighted by Crippen LogP contribution is -2.25. The number of hydrogen-bond acceptors (Lipinski definition) is 6. The van der Waals surface area contributed by atoms with Crippen molar-refractivity contribution >= 4 is 18.0 Å². The second-order valence-electron chi connectivity index (χ2n) is 6.42. The van der Waals surface area contributed by atoms with Crippen LogP contribution in [0.25, 0.3) is 6.08 Å². The molecule has 1 amide bonds. The van der Waals surface area contributed by atoms with Gasteiger partial charge in [0.25, 0.3) is 5.91 Å². The number of esters is 1. The lowest BCUT2D eigenvalue weighted by molar-refractivity contribution is -0.136. The molecule has 1 N–H and O–H groups in total. The summed E-state index contributed by atoms with van der Waals surface area (Å²) < 4.78 is 16.0. The molecule has 2 rings (SSSR count). The molecule has 0 aliphatic rings. The standard InChI is InChI=1S/C23H24N2O5/c1-4-10-25-23(27)18(14-24)12-17-8-9-20(21(13-17)28-3)30-22(26)15-29-19-7-5-6-16(2)11-19/h5-9,11-13H,4,10,15H2,1-3H3,(H,25,27)/b18-12+. The van der Waals surface area contributed by atoms with Crippen molar-refractivity contribution in [3.8, 4) is 23.3 Å². The van der Waals surface area contributed by atoms with Crippen molar-refractivity contribution < 1.29 is 23.8 Å². The minimum absolute atomic E-state index is 0.0261. The number of nitriles is 1. The van der Waals surface area contributed by atoms with Gasteiger partial charge in [-0.2, -0.15) is 5.26 Å². The van der Waals surface area contributed by atoms with E-state index in [2.05, 4.69) is 5.32 Å². The number of benzene rings is 2. The predicted octanol–water partition coefficient (Wildman–Crippen LogP) is 3.42. The third-order valence-electron chi connectivity index (χ3n) is 3.97. The molecule has 156 valence electrons. The van der Waals surface area contributed by atoms with Crippen molar-refractivity contribution in [3.05, 3.63) is 59.2 Å². The quantitative estimate of drug-likeness (QED) is 0.295. The van der Waals surface area contributed by atoms with E-state index in [1.807, 2.05) is 38.1 Å². The van der Waals surface area contributed by atoms with Crippen molar-refractivity contribution in [2.75, 3.05) is 20.3 Å². The van der Waals surface area contributed by atoms with E-state index in [9.17, 15) is 14.9 Å². The Labute approximate surface area is 175 Å². The zero-order valence-electron chi connectivity index (χ0n) is 17.2. The Morgan fingerprint density at radius 1 is 1.17 bits per heavy atom. The largest absolute Gasteiger partial charge is 0.493 e. The van der Waals surface area contributed by atoms with Crippen LogP contribution in [0.1, 0.15) is 24.5 Å². The zero-order valence-corrected chi connectivity index (χ0v) is 17.2. The minimum atomic E-state index is -0.588. The average molecular weight is 408 g/mol. The summed E-state index contributed by atoms with van der Waals surface area (Å²) in [5.41, 5.74) is 1.55. The summed E-state index contributed by atoms with van der Waals surface area (Å²) in [5, 5.41) is 11.9. The molecule has 0 aliphatic carbocycles. The summed E-state index contributed by atoms with van der Waals surface area (Å²) >= 11 is 0. The average Bonchev–Trinajstić information content (AvgIpc) is 2.75. The topological polar surface area (TPSA) is 97.7 Å². The maximum atomic E-state index is 12.1. The van der Waals surface area contributed by atoms with Crippen LogP contribution in [0.2, 0.25) is 0 Å². The number of hydrogen-bond donors (Lipinski definition) is 1. The number of amides is 1. The second-order valence-corrected chi connectivity index (χ2v) is 6.42. The Hall–Kier alpha value is -3.79. The molecule has 0 radical (unpaired) electrons. The lowest BCUT2D eigenvalue weighted by atomic mass is 10.1. The van der Waals surface area contributed by atoms with Crippen molar-refractivity contribution in [1.82, 2.24) is 5.32 Å². The van der Waals surface area contributed by atoms with Gasteiger partial charge >= 0.3 is 5.97 Å². The number of aryl methyl sites for hydroxylation is 1. The first kappa shape index (κ1) is 22.5. The summed E-state index contributed by atoms with van der Waals surface area (Å²) in [6, 6.07) is 14.0. The highest BCUT2D eigenvalue weighted by molar-refractivity contribution is 6.01. The van der Waals surface area contributed by atoms with E-state index in [4.69, 9.17) is 14.2 Å². The fraction of sp³-hybridized carbons (Fsp3) is 0.261. The van der Waals surface area contributed by atoms with Gasteiger partial charge < -0.3 is 19.5 Å². The van der Waals surface area contributed by atoms with Crippen molar-refractivity contribution in [1.29, 1.82) is 5.26 Å². The molecular weight excluding hydrogens is 384 g/mol. The van der Waals surface area contributed by atoms with Crippen LogP contribution in [-0.2, 0) is 9.59 Å². The van der Waals surface area contributed by atoms with E-state index >= 15 is 0 Å². The highest BCUT2D eigenvalue weighted by Gasteiger charge is 2.13. The molecular formula is C23H24N2O5. The summed E-state index contributed by atoms with van der Waals surface area (Å²) in [6.45, 7) is 4.08. The molecule has 0 aromatic heterocycles. The second kappa shape index (κ2) is 11.3.